The summed E-state index contributed by atoms with van der Waals surface area (Å²) in [5.41, 5.74) is 3.81. The molecule has 0 fully saturated rings. The molecule has 7 heteroatoms. The van der Waals surface area contributed by atoms with E-state index in [1.54, 1.807) is 19.9 Å². The van der Waals surface area contributed by atoms with Crippen LogP contribution in [0.15, 0.2) is 82.0 Å². The van der Waals surface area contributed by atoms with Crippen molar-refractivity contribution in [1.29, 1.82) is 0 Å². The van der Waals surface area contributed by atoms with Crippen molar-refractivity contribution in [2.45, 2.75) is 45.8 Å². The molecular weight excluding hydrogens is 470 g/mol. The van der Waals surface area contributed by atoms with Crippen LogP contribution in [0.5, 0.6) is 5.75 Å². The van der Waals surface area contributed by atoms with E-state index in [0.717, 1.165) is 22.1 Å². The van der Waals surface area contributed by atoms with E-state index in [0.29, 0.717) is 28.9 Å². The molecule has 2 atom stereocenters. The Bertz CT molecular complexity index is 1480. The molecule has 0 radical (unpaired) electrons. The lowest BCUT2D eigenvalue weighted by Crippen LogP contribution is -2.47. The molecule has 1 aromatic heterocycles. The Morgan fingerprint density at radius 1 is 0.919 bits per heavy atom. The van der Waals surface area contributed by atoms with Crippen molar-refractivity contribution in [3.05, 3.63) is 111 Å². The molecule has 4 rings (SSSR count). The highest BCUT2D eigenvalue weighted by atomic mass is 16.5. The van der Waals surface area contributed by atoms with E-state index in [1.807, 2.05) is 73.7 Å². The number of carbonyl (C=O) groups excluding carboxylic acids is 1. The second kappa shape index (κ2) is 11.1. The lowest BCUT2D eigenvalue weighted by Gasteiger charge is -2.20. The fraction of sp³-hybridized carbons (Fsp3) is 0.233. The van der Waals surface area contributed by atoms with Gasteiger partial charge in [-0.25, -0.2) is 9.59 Å². The van der Waals surface area contributed by atoms with Crippen molar-refractivity contribution in [3.63, 3.8) is 0 Å². The third-order valence-corrected chi connectivity index (χ3v) is 6.45. The van der Waals surface area contributed by atoms with E-state index in [9.17, 15) is 19.5 Å². The van der Waals surface area contributed by atoms with Crippen molar-refractivity contribution < 1.29 is 23.8 Å². The third kappa shape index (κ3) is 5.89. The number of aliphatic carboxylic acids is 1. The highest BCUT2D eigenvalue weighted by Crippen LogP contribution is 2.30. The zero-order valence-corrected chi connectivity index (χ0v) is 21.0. The van der Waals surface area contributed by atoms with Gasteiger partial charge in [0.15, 0.2) is 6.10 Å². The predicted octanol–water partition coefficient (Wildman–Crippen LogP) is 4.58. The molecule has 1 unspecified atom stereocenters. The number of carboxylic acids is 1. The Kier molecular flexibility index (Phi) is 7.72. The number of hydrogen-bond donors (Lipinski definition) is 2. The Morgan fingerprint density at radius 3 is 2.16 bits per heavy atom. The van der Waals surface area contributed by atoms with Gasteiger partial charge < -0.3 is 19.6 Å². The summed E-state index contributed by atoms with van der Waals surface area (Å²) in [5, 5.41) is 12.9. The van der Waals surface area contributed by atoms with Crippen LogP contribution in [0.25, 0.3) is 11.0 Å². The topological polar surface area (TPSA) is 106 Å². The molecule has 1 amide bonds. The lowest BCUT2D eigenvalue weighted by atomic mass is 9.98. The zero-order valence-electron chi connectivity index (χ0n) is 21.0. The van der Waals surface area contributed by atoms with Gasteiger partial charge in [-0.2, -0.15) is 0 Å². The molecule has 190 valence electrons. The van der Waals surface area contributed by atoms with Crippen LogP contribution in [0.4, 0.5) is 0 Å². The average Bonchev–Trinajstić information content (AvgIpc) is 2.89. The first-order valence-electron chi connectivity index (χ1n) is 12.1. The van der Waals surface area contributed by atoms with Gasteiger partial charge in [0.25, 0.3) is 5.91 Å². The molecule has 0 aliphatic heterocycles. The number of ether oxygens (including phenoxy) is 1. The Balaban J connectivity index is 1.53. The van der Waals surface area contributed by atoms with Crippen molar-refractivity contribution >= 4 is 22.8 Å². The second-order valence-corrected chi connectivity index (χ2v) is 9.07. The van der Waals surface area contributed by atoms with Crippen LogP contribution in [0.3, 0.4) is 0 Å². The van der Waals surface area contributed by atoms with Crippen LogP contribution < -0.4 is 15.7 Å². The van der Waals surface area contributed by atoms with E-state index in [-0.39, 0.29) is 6.42 Å². The van der Waals surface area contributed by atoms with Crippen molar-refractivity contribution in [2.75, 3.05) is 0 Å². The SMILES string of the molecule is Cc1c(Cc2ccccc2)c(=O)oc2c(C)c(OC(C)C(=O)N[C@@H](Cc3ccccc3)C(=O)O)ccc12. The van der Waals surface area contributed by atoms with E-state index in [1.165, 1.54) is 0 Å². The number of amides is 1. The molecule has 0 spiro atoms. The quantitative estimate of drug-likeness (QED) is 0.327. The van der Waals surface area contributed by atoms with Gasteiger partial charge in [0.2, 0.25) is 0 Å². The van der Waals surface area contributed by atoms with Gasteiger partial charge in [-0.1, -0.05) is 60.7 Å². The predicted molar refractivity (Wildman–Crippen MR) is 141 cm³/mol. The second-order valence-electron chi connectivity index (χ2n) is 9.07. The summed E-state index contributed by atoms with van der Waals surface area (Å²) >= 11 is 0. The Hall–Kier alpha value is -4.39. The standard InChI is InChI=1S/C30H29NO6/c1-18-23-14-15-26(19(2)27(23)37-30(35)24(18)16-21-10-6-4-7-11-21)36-20(3)28(32)31-25(29(33)34)17-22-12-8-5-9-13-22/h4-15,20,25H,16-17H2,1-3H3,(H,31,32)(H,33,34)/t20?,25-/m0/s1. The van der Waals surface area contributed by atoms with Gasteiger partial charge in [0.05, 0.1) is 0 Å². The molecule has 0 aliphatic carbocycles. The maximum Gasteiger partial charge on any atom is 0.340 e. The fourth-order valence-electron chi connectivity index (χ4n) is 4.29. The van der Waals surface area contributed by atoms with Crippen molar-refractivity contribution in [1.82, 2.24) is 5.32 Å². The fourth-order valence-corrected chi connectivity index (χ4v) is 4.29. The minimum Gasteiger partial charge on any atom is -0.480 e. The highest BCUT2D eigenvalue weighted by molar-refractivity contribution is 5.88. The zero-order chi connectivity index (χ0) is 26.5. The number of benzene rings is 3. The summed E-state index contributed by atoms with van der Waals surface area (Å²) in [4.78, 5) is 37.4. The first-order valence-corrected chi connectivity index (χ1v) is 12.1. The summed E-state index contributed by atoms with van der Waals surface area (Å²) in [7, 11) is 0. The monoisotopic (exact) mass is 499 g/mol. The van der Waals surface area contributed by atoms with E-state index in [2.05, 4.69) is 5.32 Å². The summed E-state index contributed by atoms with van der Waals surface area (Å²) < 4.78 is 11.6. The molecular formula is C30H29NO6. The highest BCUT2D eigenvalue weighted by Gasteiger charge is 2.25. The number of carbonyl (C=O) groups is 2. The van der Waals surface area contributed by atoms with Gasteiger partial charge in [-0.3, -0.25) is 4.79 Å². The summed E-state index contributed by atoms with van der Waals surface area (Å²) in [6.07, 6.45) is -0.356. The van der Waals surface area contributed by atoms with Crippen LogP contribution in [-0.2, 0) is 22.4 Å². The maximum absolute atomic E-state index is 12.9. The van der Waals surface area contributed by atoms with Crippen LogP contribution >= 0.6 is 0 Å². The van der Waals surface area contributed by atoms with E-state index >= 15 is 0 Å². The molecule has 0 bridgehead atoms. The summed E-state index contributed by atoms with van der Waals surface area (Å²) in [6.45, 7) is 5.20. The van der Waals surface area contributed by atoms with E-state index < -0.39 is 29.6 Å². The third-order valence-electron chi connectivity index (χ3n) is 6.45. The Labute approximate surface area is 214 Å². The number of fused-ring (bicyclic) bond motifs is 1. The van der Waals surface area contributed by atoms with Crippen molar-refractivity contribution in [3.8, 4) is 5.75 Å². The molecule has 4 aromatic rings. The number of aryl methyl sites for hydroxylation is 2. The van der Waals surface area contributed by atoms with Crippen LogP contribution in [0.1, 0.15) is 34.7 Å². The normalized spacial score (nSPS) is 12.6. The minimum absolute atomic E-state index is 0.152. The van der Waals surface area contributed by atoms with Crippen LogP contribution in [0.2, 0.25) is 0 Å². The number of hydrogen-bond acceptors (Lipinski definition) is 5. The van der Waals surface area contributed by atoms with Gasteiger partial charge in [-0.15, -0.1) is 0 Å². The first kappa shape index (κ1) is 25.7. The van der Waals surface area contributed by atoms with Crippen LogP contribution in [0, 0.1) is 13.8 Å². The first-order chi connectivity index (χ1) is 17.7. The molecule has 3 aromatic carbocycles. The van der Waals surface area contributed by atoms with Gasteiger partial charge in [-0.05, 0) is 49.6 Å². The van der Waals surface area contributed by atoms with Gasteiger partial charge in [0.1, 0.15) is 17.4 Å². The molecule has 7 nitrogen and oxygen atoms in total. The molecule has 0 saturated carbocycles. The number of nitrogens with one attached hydrogen (secondary N) is 1. The lowest BCUT2D eigenvalue weighted by molar-refractivity contribution is -0.142. The number of rotatable bonds is 9. The molecule has 0 saturated heterocycles. The average molecular weight is 500 g/mol. The van der Waals surface area contributed by atoms with Crippen molar-refractivity contribution in [2.24, 2.45) is 0 Å². The van der Waals surface area contributed by atoms with Gasteiger partial charge >= 0.3 is 11.6 Å². The summed E-state index contributed by atoms with van der Waals surface area (Å²) in [6, 6.07) is 21.2. The molecule has 37 heavy (non-hydrogen) atoms. The van der Waals surface area contributed by atoms with E-state index in [4.69, 9.17) is 9.15 Å². The Morgan fingerprint density at radius 2 is 1.54 bits per heavy atom. The summed E-state index contributed by atoms with van der Waals surface area (Å²) in [5.74, 6) is -1.31. The maximum atomic E-state index is 12.9. The molecule has 1 heterocycles. The number of carboxylic acid groups (broad SMARTS) is 1. The largest absolute Gasteiger partial charge is 0.480 e. The molecule has 0 aliphatic rings. The smallest absolute Gasteiger partial charge is 0.340 e. The van der Waals surface area contributed by atoms with Crippen LogP contribution in [-0.4, -0.2) is 29.1 Å². The minimum atomic E-state index is -1.13. The van der Waals surface area contributed by atoms with Gasteiger partial charge in [0, 0.05) is 29.4 Å². The molecule has 2 N–H and O–H groups in total.